The lowest BCUT2D eigenvalue weighted by molar-refractivity contribution is -0.275. The van der Waals surface area contributed by atoms with Gasteiger partial charge in [-0.25, -0.2) is 8.78 Å². The van der Waals surface area contributed by atoms with E-state index in [1.807, 2.05) is 6.07 Å². The Hall–Kier alpha value is -2.63. The molecule has 31 heavy (non-hydrogen) atoms. The van der Waals surface area contributed by atoms with Crippen molar-refractivity contribution in [2.45, 2.75) is 51.3 Å². The summed E-state index contributed by atoms with van der Waals surface area (Å²) in [4.78, 5) is 0. The molecule has 1 nitrogen and oxygen atoms in total. The van der Waals surface area contributed by atoms with Crippen LogP contribution < -0.4 is 4.74 Å². The zero-order valence-electron chi connectivity index (χ0n) is 17.1. The maximum Gasteiger partial charge on any atom is 0.573 e. The fraction of sp³-hybridized carbons (Fsp3) is 0.360. The fourth-order valence-electron chi connectivity index (χ4n) is 4.57. The molecule has 0 N–H and O–H groups in total. The molecule has 1 saturated carbocycles. The number of ether oxygens (including phenoxy) is 1. The number of halogens is 5. The first-order valence-electron chi connectivity index (χ1n) is 10.5. The Labute approximate surface area is 177 Å². The lowest BCUT2D eigenvalue weighted by Gasteiger charge is -2.28. The summed E-state index contributed by atoms with van der Waals surface area (Å²) >= 11 is 0. The molecule has 0 amide bonds. The second-order valence-corrected chi connectivity index (χ2v) is 8.23. The predicted octanol–water partition coefficient (Wildman–Crippen LogP) is 8.37. The van der Waals surface area contributed by atoms with E-state index in [4.69, 9.17) is 0 Å². The summed E-state index contributed by atoms with van der Waals surface area (Å²) in [5, 5.41) is 0.348. The van der Waals surface area contributed by atoms with Gasteiger partial charge in [-0.1, -0.05) is 43.7 Å². The van der Waals surface area contributed by atoms with Gasteiger partial charge in [0.2, 0.25) is 0 Å². The van der Waals surface area contributed by atoms with Gasteiger partial charge in [-0.3, -0.25) is 0 Å². The Bertz CT molecular complexity index is 1080. The van der Waals surface area contributed by atoms with Gasteiger partial charge < -0.3 is 4.74 Å². The van der Waals surface area contributed by atoms with Crippen LogP contribution >= 0.6 is 0 Å². The van der Waals surface area contributed by atoms with Crippen molar-refractivity contribution in [3.8, 4) is 16.9 Å². The van der Waals surface area contributed by atoms with Crippen LogP contribution in [-0.4, -0.2) is 6.36 Å². The highest BCUT2D eigenvalue weighted by atomic mass is 19.4. The molecule has 0 unspecified atom stereocenters. The van der Waals surface area contributed by atoms with Crippen molar-refractivity contribution in [1.82, 2.24) is 0 Å². The summed E-state index contributed by atoms with van der Waals surface area (Å²) in [7, 11) is 0. The molecule has 0 aromatic heterocycles. The van der Waals surface area contributed by atoms with E-state index in [9.17, 15) is 22.0 Å². The minimum absolute atomic E-state index is 0.0183. The number of benzene rings is 3. The maximum atomic E-state index is 14.9. The SMILES string of the molecule is CCC1CCC(c2ccc(-c3ccc4c(F)c(OC(F)(F)F)ccc4c3)c(F)c2)CC1. The van der Waals surface area contributed by atoms with Crippen LogP contribution in [-0.2, 0) is 0 Å². The quantitative estimate of drug-likeness (QED) is 0.375. The summed E-state index contributed by atoms with van der Waals surface area (Å²) in [6.07, 6.45) is 0.674. The van der Waals surface area contributed by atoms with Crippen molar-refractivity contribution >= 4 is 10.8 Å². The molecule has 1 fully saturated rings. The van der Waals surface area contributed by atoms with E-state index in [0.29, 0.717) is 22.4 Å². The molecule has 3 aromatic rings. The third-order valence-electron chi connectivity index (χ3n) is 6.34. The highest BCUT2D eigenvalue weighted by Crippen LogP contribution is 2.39. The monoisotopic (exact) mass is 434 g/mol. The smallest absolute Gasteiger partial charge is 0.403 e. The molecule has 1 aliphatic carbocycles. The van der Waals surface area contributed by atoms with E-state index in [-0.39, 0.29) is 11.2 Å². The fourth-order valence-corrected chi connectivity index (χ4v) is 4.57. The molecule has 1 aliphatic rings. The van der Waals surface area contributed by atoms with Gasteiger partial charge in [-0.05, 0) is 72.2 Å². The molecule has 0 radical (unpaired) electrons. The van der Waals surface area contributed by atoms with Gasteiger partial charge in [0.1, 0.15) is 5.82 Å². The third-order valence-corrected chi connectivity index (χ3v) is 6.34. The maximum absolute atomic E-state index is 14.9. The molecule has 164 valence electrons. The summed E-state index contributed by atoms with van der Waals surface area (Å²) in [5.41, 5.74) is 1.91. The average Bonchev–Trinajstić information content (AvgIpc) is 2.75. The number of rotatable bonds is 4. The lowest BCUT2D eigenvalue weighted by Crippen LogP contribution is -2.17. The second-order valence-electron chi connectivity index (χ2n) is 8.23. The topological polar surface area (TPSA) is 9.23 Å². The van der Waals surface area contributed by atoms with Gasteiger partial charge >= 0.3 is 6.36 Å². The van der Waals surface area contributed by atoms with E-state index < -0.39 is 17.9 Å². The Morgan fingerprint density at radius 1 is 0.903 bits per heavy atom. The van der Waals surface area contributed by atoms with Crippen LogP contribution in [0.1, 0.15) is 50.5 Å². The molecular weight excluding hydrogens is 411 g/mol. The van der Waals surface area contributed by atoms with Crippen LogP contribution in [0.4, 0.5) is 22.0 Å². The summed E-state index contributed by atoms with van der Waals surface area (Å²) in [6.45, 7) is 2.21. The van der Waals surface area contributed by atoms with Crippen LogP contribution in [0.15, 0.2) is 48.5 Å². The van der Waals surface area contributed by atoms with Crippen molar-refractivity contribution in [1.29, 1.82) is 0 Å². The zero-order chi connectivity index (χ0) is 22.2. The van der Waals surface area contributed by atoms with E-state index in [1.54, 1.807) is 18.2 Å². The molecule has 0 saturated heterocycles. The first-order chi connectivity index (χ1) is 14.7. The number of hydrogen-bond donors (Lipinski definition) is 0. The number of fused-ring (bicyclic) bond motifs is 1. The minimum atomic E-state index is -4.98. The van der Waals surface area contributed by atoms with Gasteiger partial charge in [-0.15, -0.1) is 13.2 Å². The Morgan fingerprint density at radius 3 is 2.29 bits per heavy atom. The van der Waals surface area contributed by atoms with Crippen molar-refractivity contribution in [3.05, 3.63) is 65.7 Å². The second kappa shape index (κ2) is 8.48. The van der Waals surface area contributed by atoms with E-state index in [1.165, 1.54) is 37.5 Å². The largest absolute Gasteiger partial charge is 0.573 e. The highest BCUT2D eigenvalue weighted by molar-refractivity contribution is 5.89. The van der Waals surface area contributed by atoms with Crippen molar-refractivity contribution in [2.24, 2.45) is 5.92 Å². The van der Waals surface area contributed by atoms with Gasteiger partial charge in [0.05, 0.1) is 0 Å². The Balaban J connectivity index is 1.60. The molecule has 0 bridgehead atoms. The van der Waals surface area contributed by atoms with Crippen LogP contribution in [0, 0.1) is 17.6 Å². The molecule has 0 aliphatic heterocycles. The van der Waals surface area contributed by atoms with Crippen LogP contribution in [0.5, 0.6) is 5.75 Å². The summed E-state index contributed by atoms with van der Waals surface area (Å²) in [5.74, 6) is -1.21. The van der Waals surface area contributed by atoms with Gasteiger partial charge in [-0.2, -0.15) is 0 Å². The van der Waals surface area contributed by atoms with Crippen molar-refractivity contribution in [3.63, 3.8) is 0 Å². The van der Waals surface area contributed by atoms with Gasteiger partial charge in [0, 0.05) is 10.9 Å². The first kappa shape index (κ1) is 21.6. The Kier molecular flexibility index (Phi) is 5.91. The number of hydrogen-bond acceptors (Lipinski definition) is 1. The number of alkyl halides is 3. The van der Waals surface area contributed by atoms with E-state index >= 15 is 0 Å². The molecule has 0 atom stereocenters. The molecular formula is C25H23F5O. The highest BCUT2D eigenvalue weighted by Gasteiger charge is 2.32. The van der Waals surface area contributed by atoms with Crippen LogP contribution in [0.25, 0.3) is 21.9 Å². The normalized spacial score (nSPS) is 19.5. The van der Waals surface area contributed by atoms with E-state index in [0.717, 1.165) is 30.4 Å². The lowest BCUT2D eigenvalue weighted by atomic mass is 9.77. The van der Waals surface area contributed by atoms with Gasteiger partial charge in [0.15, 0.2) is 11.6 Å². The average molecular weight is 434 g/mol. The van der Waals surface area contributed by atoms with Crippen molar-refractivity contribution < 1.29 is 26.7 Å². The molecule has 4 rings (SSSR count). The van der Waals surface area contributed by atoms with Crippen LogP contribution in [0.2, 0.25) is 0 Å². The Morgan fingerprint density at radius 2 is 1.65 bits per heavy atom. The summed E-state index contributed by atoms with van der Waals surface area (Å²) < 4.78 is 70.4. The van der Waals surface area contributed by atoms with Crippen molar-refractivity contribution in [2.75, 3.05) is 0 Å². The predicted molar refractivity (Wildman–Crippen MR) is 111 cm³/mol. The third kappa shape index (κ3) is 4.68. The molecule has 3 aromatic carbocycles. The van der Waals surface area contributed by atoms with Crippen LogP contribution in [0.3, 0.4) is 0 Å². The molecule has 6 heteroatoms. The standard InChI is InChI=1S/C25H23F5O/c1-2-15-3-5-16(6-4-15)17-7-10-20(22(26)14-17)18-8-11-21-19(13-18)9-12-23(24(21)27)31-25(28,29)30/h7-16H,2-6H2,1H3. The molecule has 0 spiro atoms. The molecule has 0 heterocycles. The minimum Gasteiger partial charge on any atom is -0.403 e. The van der Waals surface area contributed by atoms with Gasteiger partial charge in [0.25, 0.3) is 0 Å². The first-order valence-corrected chi connectivity index (χ1v) is 10.5. The summed E-state index contributed by atoms with van der Waals surface area (Å²) in [6, 6.07) is 12.0. The zero-order valence-corrected chi connectivity index (χ0v) is 17.1. The van der Waals surface area contributed by atoms with E-state index in [2.05, 4.69) is 11.7 Å².